The quantitative estimate of drug-likeness (QED) is 0.600. The number of nitrogens with zero attached hydrogens (tertiary/aromatic N) is 1. The van der Waals surface area contributed by atoms with Crippen molar-refractivity contribution in [1.29, 1.82) is 5.26 Å². The predicted octanol–water partition coefficient (Wildman–Crippen LogP) is 0.887. The Morgan fingerprint density at radius 2 is 2.00 bits per heavy atom. The molecule has 13 heavy (non-hydrogen) atoms. The van der Waals surface area contributed by atoms with Crippen molar-refractivity contribution in [2.45, 2.75) is 32.1 Å². The van der Waals surface area contributed by atoms with Gasteiger partial charge in [-0.2, -0.15) is 5.26 Å². The van der Waals surface area contributed by atoms with Crippen LogP contribution < -0.4 is 5.32 Å². The molecule has 0 aromatic heterocycles. The van der Waals surface area contributed by atoms with Crippen molar-refractivity contribution < 1.29 is 9.47 Å². The maximum atomic E-state index is 8.77. The maximum absolute atomic E-state index is 8.77. The summed E-state index contributed by atoms with van der Waals surface area (Å²) in [6.07, 6.45) is 1.28. The molecule has 0 amide bonds. The van der Waals surface area contributed by atoms with E-state index in [1.807, 2.05) is 0 Å². The third kappa shape index (κ3) is 5.58. The summed E-state index contributed by atoms with van der Waals surface area (Å²) in [6.45, 7) is 2.91. The minimum absolute atomic E-state index is 0.190. The van der Waals surface area contributed by atoms with Gasteiger partial charge in [0, 0.05) is 20.6 Å². The molecule has 0 aliphatic carbocycles. The van der Waals surface area contributed by atoms with Gasteiger partial charge in [0.15, 0.2) is 6.29 Å². The second kappa shape index (κ2) is 7.99. The molecule has 4 heteroatoms. The highest BCUT2D eigenvalue weighted by atomic mass is 16.7. The molecule has 0 saturated carbocycles. The van der Waals surface area contributed by atoms with Gasteiger partial charge in [-0.05, 0) is 13.0 Å². The molecule has 0 heterocycles. The highest BCUT2D eigenvalue weighted by Gasteiger charge is 2.13. The summed E-state index contributed by atoms with van der Waals surface area (Å²) in [5.41, 5.74) is 0. The molecule has 1 atom stereocenters. The monoisotopic (exact) mass is 186 g/mol. The Morgan fingerprint density at radius 3 is 2.38 bits per heavy atom. The van der Waals surface area contributed by atoms with Crippen LogP contribution in [0.15, 0.2) is 0 Å². The SMILES string of the molecule is CCCNC(C#N)CC(OC)OC. The van der Waals surface area contributed by atoms with E-state index in [4.69, 9.17) is 14.7 Å². The van der Waals surface area contributed by atoms with Crippen LogP contribution in [-0.2, 0) is 9.47 Å². The van der Waals surface area contributed by atoms with E-state index in [-0.39, 0.29) is 12.3 Å². The van der Waals surface area contributed by atoms with Crippen LogP contribution in [-0.4, -0.2) is 33.1 Å². The van der Waals surface area contributed by atoms with Gasteiger partial charge in [-0.25, -0.2) is 0 Å². The third-order valence-corrected chi connectivity index (χ3v) is 1.75. The summed E-state index contributed by atoms with van der Waals surface area (Å²) in [4.78, 5) is 0. The Hall–Kier alpha value is -0.630. The minimum atomic E-state index is -0.297. The van der Waals surface area contributed by atoms with Crippen molar-refractivity contribution in [2.24, 2.45) is 0 Å². The largest absolute Gasteiger partial charge is 0.356 e. The second-order valence-corrected chi connectivity index (χ2v) is 2.77. The van der Waals surface area contributed by atoms with E-state index in [9.17, 15) is 0 Å². The smallest absolute Gasteiger partial charge is 0.159 e. The maximum Gasteiger partial charge on any atom is 0.159 e. The molecule has 76 valence electrons. The molecule has 0 fully saturated rings. The van der Waals surface area contributed by atoms with Crippen LogP contribution in [0.1, 0.15) is 19.8 Å². The fourth-order valence-corrected chi connectivity index (χ4v) is 0.981. The Kier molecular flexibility index (Phi) is 7.60. The summed E-state index contributed by atoms with van der Waals surface area (Å²) >= 11 is 0. The molecule has 4 nitrogen and oxygen atoms in total. The van der Waals surface area contributed by atoms with E-state index in [0.29, 0.717) is 6.42 Å². The number of rotatable bonds is 7. The molecule has 0 radical (unpaired) electrons. The molecular formula is C9H18N2O2. The molecule has 0 rings (SSSR count). The molecule has 0 aliphatic rings. The molecule has 1 N–H and O–H groups in total. The summed E-state index contributed by atoms with van der Waals surface area (Å²) in [7, 11) is 3.14. The topological polar surface area (TPSA) is 54.3 Å². The van der Waals surface area contributed by atoms with Gasteiger partial charge >= 0.3 is 0 Å². The molecule has 0 bridgehead atoms. The van der Waals surface area contributed by atoms with Gasteiger partial charge in [0.2, 0.25) is 0 Å². The molecule has 1 unspecified atom stereocenters. The second-order valence-electron chi connectivity index (χ2n) is 2.77. The van der Waals surface area contributed by atoms with Crippen molar-refractivity contribution in [1.82, 2.24) is 5.32 Å². The average molecular weight is 186 g/mol. The average Bonchev–Trinajstić information content (AvgIpc) is 2.19. The fourth-order valence-electron chi connectivity index (χ4n) is 0.981. The zero-order valence-corrected chi connectivity index (χ0v) is 8.54. The van der Waals surface area contributed by atoms with Crippen LogP contribution in [0.5, 0.6) is 0 Å². The highest BCUT2D eigenvalue weighted by Crippen LogP contribution is 2.02. The molecule has 0 aromatic rings. The minimum Gasteiger partial charge on any atom is -0.356 e. The number of ether oxygens (including phenoxy) is 2. The lowest BCUT2D eigenvalue weighted by Crippen LogP contribution is -2.33. The highest BCUT2D eigenvalue weighted by molar-refractivity contribution is 4.90. The number of nitrogens with one attached hydrogen (secondary N) is 1. The first-order valence-corrected chi connectivity index (χ1v) is 4.47. The first kappa shape index (κ1) is 12.4. The molecular weight excluding hydrogens is 168 g/mol. The van der Waals surface area contributed by atoms with Gasteiger partial charge in [-0.15, -0.1) is 0 Å². The van der Waals surface area contributed by atoms with E-state index in [2.05, 4.69) is 18.3 Å². The molecule has 0 saturated heterocycles. The van der Waals surface area contributed by atoms with Crippen LogP contribution >= 0.6 is 0 Å². The van der Waals surface area contributed by atoms with Crippen molar-refractivity contribution >= 4 is 0 Å². The first-order valence-electron chi connectivity index (χ1n) is 4.47. The zero-order chi connectivity index (χ0) is 10.1. The molecule has 0 aliphatic heterocycles. The van der Waals surface area contributed by atoms with Crippen LogP contribution in [0.4, 0.5) is 0 Å². The normalized spacial score (nSPS) is 12.8. The summed E-state index contributed by atoms with van der Waals surface area (Å²) in [6, 6.07) is 1.97. The lowest BCUT2D eigenvalue weighted by atomic mass is 10.2. The van der Waals surface area contributed by atoms with E-state index in [1.54, 1.807) is 14.2 Å². The first-order chi connectivity index (χ1) is 6.28. The van der Waals surface area contributed by atoms with Crippen molar-refractivity contribution in [3.8, 4) is 6.07 Å². The molecule has 0 aromatic carbocycles. The Morgan fingerprint density at radius 1 is 1.38 bits per heavy atom. The van der Waals surface area contributed by atoms with E-state index in [0.717, 1.165) is 13.0 Å². The van der Waals surface area contributed by atoms with Crippen molar-refractivity contribution in [3.05, 3.63) is 0 Å². The van der Waals surface area contributed by atoms with Crippen molar-refractivity contribution in [2.75, 3.05) is 20.8 Å². The van der Waals surface area contributed by atoms with Gasteiger partial charge in [0.25, 0.3) is 0 Å². The lowest BCUT2D eigenvalue weighted by molar-refractivity contribution is -0.108. The standard InChI is InChI=1S/C9H18N2O2/c1-4-5-11-8(7-10)6-9(12-2)13-3/h8-9,11H,4-6H2,1-3H3. The number of nitriles is 1. The van der Waals surface area contributed by atoms with Crippen LogP contribution in [0.25, 0.3) is 0 Å². The van der Waals surface area contributed by atoms with Crippen LogP contribution in [0, 0.1) is 11.3 Å². The Balaban J connectivity index is 3.76. The zero-order valence-electron chi connectivity index (χ0n) is 8.54. The number of methoxy groups -OCH3 is 2. The molecule has 0 spiro atoms. The summed E-state index contributed by atoms with van der Waals surface area (Å²) in [5, 5.41) is 11.9. The van der Waals surface area contributed by atoms with E-state index in [1.165, 1.54) is 0 Å². The van der Waals surface area contributed by atoms with Gasteiger partial charge in [-0.1, -0.05) is 6.92 Å². The third-order valence-electron chi connectivity index (χ3n) is 1.75. The fraction of sp³-hybridized carbons (Fsp3) is 0.889. The van der Waals surface area contributed by atoms with Gasteiger partial charge in [0.05, 0.1) is 6.07 Å². The van der Waals surface area contributed by atoms with E-state index < -0.39 is 0 Å². The number of hydrogen-bond donors (Lipinski definition) is 1. The number of hydrogen-bond acceptors (Lipinski definition) is 4. The predicted molar refractivity (Wildman–Crippen MR) is 50.1 cm³/mol. The Labute approximate surface area is 79.8 Å². The van der Waals surface area contributed by atoms with Crippen LogP contribution in [0.2, 0.25) is 0 Å². The van der Waals surface area contributed by atoms with Crippen LogP contribution in [0.3, 0.4) is 0 Å². The lowest BCUT2D eigenvalue weighted by Gasteiger charge is -2.17. The van der Waals surface area contributed by atoms with E-state index >= 15 is 0 Å². The van der Waals surface area contributed by atoms with Gasteiger partial charge < -0.3 is 14.8 Å². The Bertz CT molecular complexity index is 152. The summed E-state index contributed by atoms with van der Waals surface area (Å²) < 4.78 is 10.00. The van der Waals surface area contributed by atoms with Gasteiger partial charge in [0.1, 0.15) is 6.04 Å². The van der Waals surface area contributed by atoms with Gasteiger partial charge in [-0.3, -0.25) is 0 Å². The summed E-state index contributed by atoms with van der Waals surface area (Å²) in [5.74, 6) is 0. The van der Waals surface area contributed by atoms with Crippen molar-refractivity contribution in [3.63, 3.8) is 0 Å².